The first-order valence-electron chi connectivity index (χ1n) is 2.28. The Hall–Kier alpha value is 1.99. The third-order valence-electron chi connectivity index (χ3n) is 0.805. The summed E-state index contributed by atoms with van der Waals surface area (Å²) in [6.07, 6.45) is -4.53. The molecule has 10 nitrogen and oxygen atoms in total. The van der Waals surface area contributed by atoms with E-state index in [9.17, 15) is 9.59 Å². The Morgan fingerprint density at radius 3 is 1.00 bits per heavy atom. The summed E-state index contributed by atoms with van der Waals surface area (Å²) in [5.74, 6) is -3.54. The SMILES string of the molecule is O.O.O.O.O=C(O)C(O)C(O)C(=O)O.[H-].[H-].[H-].[Rb+].[Sr+2]. The van der Waals surface area contributed by atoms with Gasteiger partial charge in [0.05, 0.1) is 0 Å². The molecular weight excluding hydrogens is 381 g/mol. The molecule has 0 saturated heterocycles. The van der Waals surface area contributed by atoms with Crippen LogP contribution in [0.2, 0.25) is 0 Å². The summed E-state index contributed by atoms with van der Waals surface area (Å²) in [5.41, 5.74) is 0. The van der Waals surface area contributed by atoms with E-state index in [0.717, 1.165) is 0 Å². The molecule has 0 saturated carbocycles. The number of carboxylic acid groups (broad SMARTS) is 2. The maximum absolute atomic E-state index is 9.77. The minimum atomic E-state index is -2.27. The standard InChI is InChI=1S/C4H6O6.4H2O.Rb.Sr.3H/c5-1(3(7)8)2(6)4(9)10;;;;;;;;;/h1-2,5-6H,(H,7,8)(H,9,10);4*1H2;;;;;/q;;;;;+1;+2;3*-1. The van der Waals surface area contributed by atoms with Crippen LogP contribution in [0, 0.1) is 0 Å². The van der Waals surface area contributed by atoms with E-state index in [1.165, 1.54) is 0 Å². The summed E-state index contributed by atoms with van der Waals surface area (Å²) in [5, 5.41) is 32.5. The van der Waals surface area contributed by atoms with Crippen LogP contribution < -0.4 is 58.2 Å². The van der Waals surface area contributed by atoms with Crippen LogP contribution >= 0.6 is 0 Å². The molecule has 0 rings (SSSR count). The quantitative estimate of drug-likeness (QED) is 0.336. The second kappa shape index (κ2) is 22.2. The zero-order valence-electron chi connectivity index (χ0n) is 11.5. The van der Waals surface area contributed by atoms with Gasteiger partial charge in [-0.05, 0) is 0 Å². The molecule has 0 aromatic carbocycles. The molecule has 2 unspecified atom stereocenters. The Morgan fingerprint density at radius 1 is 0.812 bits per heavy atom. The van der Waals surface area contributed by atoms with Crippen molar-refractivity contribution in [2.24, 2.45) is 0 Å². The van der Waals surface area contributed by atoms with Crippen molar-refractivity contribution in [2.45, 2.75) is 12.2 Å². The Kier molecular flexibility index (Phi) is 59.6. The molecule has 0 aromatic heterocycles. The number of carboxylic acids is 2. The van der Waals surface area contributed by atoms with E-state index < -0.39 is 24.1 Å². The number of aliphatic hydroxyl groups excluding tert-OH is 2. The van der Waals surface area contributed by atoms with Gasteiger partial charge in [-0.15, -0.1) is 0 Å². The molecule has 96 valence electrons. The molecule has 0 aromatic rings. The molecule has 0 fully saturated rings. The summed E-state index contributed by atoms with van der Waals surface area (Å²) < 4.78 is 0. The van der Waals surface area contributed by atoms with Gasteiger partial charge < -0.3 is 46.6 Å². The van der Waals surface area contributed by atoms with Crippen LogP contribution in [-0.4, -0.2) is 112 Å². The predicted octanol–water partition coefficient (Wildman–Crippen LogP) is -8.46. The average Bonchev–Trinajstić information content (AvgIpc) is 1.84. The van der Waals surface area contributed by atoms with Crippen LogP contribution in [0.3, 0.4) is 0 Å². The van der Waals surface area contributed by atoms with Gasteiger partial charge in [0, 0.05) is 0 Å². The third-order valence-corrected chi connectivity index (χ3v) is 0.805. The number of carbonyl (C=O) groups is 2. The third kappa shape index (κ3) is 18.4. The average molecular weight is 398 g/mol. The van der Waals surface area contributed by atoms with Crippen LogP contribution in [0.25, 0.3) is 0 Å². The van der Waals surface area contributed by atoms with Crippen LogP contribution in [-0.2, 0) is 9.59 Å². The molecule has 0 heterocycles. The van der Waals surface area contributed by atoms with Gasteiger partial charge in [-0.2, -0.15) is 0 Å². The van der Waals surface area contributed by atoms with Crippen molar-refractivity contribution >= 4 is 57.4 Å². The van der Waals surface area contributed by atoms with Crippen LogP contribution in [0.1, 0.15) is 4.28 Å². The minimum absolute atomic E-state index is 0. The molecule has 16 heavy (non-hydrogen) atoms. The van der Waals surface area contributed by atoms with Gasteiger partial charge in [-0.3, -0.25) is 0 Å². The van der Waals surface area contributed by atoms with E-state index in [1.54, 1.807) is 0 Å². The van der Waals surface area contributed by atoms with E-state index in [1.807, 2.05) is 0 Å². The molecular formula is C4H17O10RbSr. The number of hydrogen-bond donors (Lipinski definition) is 4. The fraction of sp³-hybridized carbons (Fsp3) is 0.500. The second-order valence-electron chi connectivity index (χ2n) is 1.57. The maximum atomic E-state index is 9.77. The topological polar surface area (TPSA) is 241 Å². The Balaban J connectivity index is -0.0000000112. The molecule has 0 spiro atoms. The van der Waals surface area contributed by atoms with Crippen molar-refractivity contribution in [3.63, 3.8) is 0 Å². The van der Waals surface area contributed by atoms with Crippen molar-refractivity contribution in [1.82, 2.24) is 0 Å². The predicted molar refractivity (Wildman–Crippen MR) is 50.8 cm³/mol. The fourth-order valence-electron chi connectivity index (χ4n) is 0.270. The smallest absolute Gasteiger partial charge is 1.00 e. The number of aliphatic hydroxyl groups is 2. The van der Waals surface area contributed by atoms with Crippen LogP contribution in [0.5, 0.6) is 0 Å². The van der Waals surface area contributed by atoms with Gasteiger partial charge >= 0.3 is 116 Å². The molecule has 12 N–H and O–H groups in total. The van der Waals surface area contributed by atoms with Crippen molar-refractivity contribution in [1.29, 1.82) is 0 Å². The van der Waals surface area contributed by atoms with Crippen LogP contribution in [0.15, 0.2) is 0 Å². The first-order chi connectivity index (χ1) is 4.46. The molecule has 2 atom stereocenters. The van der Waals surface area contributed by atoms with Gasteiger partial charge in [0.2, 0.25) is 0 Å². The summed E-state index contributed by atoms with van der Waals surface area (Å²) in [7, 11) is 0. The molecule has 12 heteroatoms. The molecule has 0 aliphatic heterocycles. The molecule has 0 radical (unpaired) electrons. The summed E-state index contributed by atoms with van der Waals surface area (Å²) in [6, 6.07) is 0. The van der Waals surface area contributed by atoms with E-state index in [-0.39, 0.29) is 130 Å². The Labute approximate surface area is 180 Å². The first kappa shape index (κ1) is 43.0. The van der Waals surface area contributed by atoms with Gasteiger partial charge in [0.25, 0.3) is 0 Å². The largest absolute Gasteiger partial charge is 2.00 e. The van der Waals surface area contributed by atoms with E-state index in [2.05, 4.69) is 0 Å². The zero-order chi connectivity index (χ0) is 8.31. The van der Waals surface area contributed by atoms with Gasteiger partial charge in [0.1, 0.15) is 0 Å². The summed E-state index contributed by atoms with van der Waals surface area (Å²) >= 11 is 0. The molecule has 0 aliphatic carbocycles. The fourth-order valence-corrected chi connectivity index (χ4v) is 0.270. The van der Waals surface area contributed by atoms with Crippen molar-refractivity contribution < 1.29 is 114 Å². The zero-order valence-corrected chi connectivity index (χ0v) is 16.9. The molecule has 0 amide bonds. The minimum Gasteiger partial charge on any atom is -1.00 e. The van der Waals surface area contributed by atoms with Gasteiger partial charge in [-0.1, -0.05) is 0 Å². The summed E-state index contributed by atoms with van der Waals surface area (Å²) in [4.78, 5) is 19.5. The van der Waals surface area contributed by atoms with Crippen molar-refractivity contribution in [3.8, 4) is 0 Å². The van der Waals surface area contributed by atoms with Gasteiger partial charge in [0.15, 0.2) is 12.2 Å². The normalized spacial score (nSPS) is 9.88. The maximum Gasteiger partial charge on any atom is 2.00 e. The van der Waals surface area contributed by atoms with Crippen molar-refractivity contribution in [3.05, 3.63) is 0 Å². The Morgan fingerprint density at radius 2 is 0.938 bits per heavy atom. The molecule has 0 aliphatic rings. The number of rotatable bonds is 3. The van der Waals surface area contributed by atoms with Crippen LogP contribution in [0.4, 0.5) is 0 Å². The van der Waals surface area contributed by atoms with Gasteiger partial charge in [-0.25, -0.2) is 9.59 Å². The number of aliphatic carboxylic acids is 2. The van der Waals surface area contributed by atoms with E-state index >= 15 is 0 Å². The summed E-state index contributed by atoms with van der Waals surface area (Å²) in [6.45, 7) is 0. The number of hydrogen-bond acceptors (Lipinski definition) is 4. The Bertz CT molecular complexity index is 159. The monoisotopic (exact) mass is 398 g/mol. The van der Waals surface area contributed by atoms with Crippen molar-refractivity contribution in [2.75, 3.05) is 0 Å². The first-order valence-corrected chi connectivity index (χ1v) is 2.28. The second-order valence-corrected chi connectivity index (χ2v) is 1.57. The molecule has 0 bridgehead atoms. The van der Waals surface area contributed by atoms with E-state index in [0.29, 0.717) is 0 Å². The van der Waals surface area contributed by atoms with E-state index in [4.69, 9.17) is 20.4 Å².